The largest absolute Gasteiger partial charge is 0.490 e. The fraction of sp³-hybridized carbons (Fsp3) is 0.435. The Morgan fingerprint density at radius 1 is 1.06 bits per heavy atom. The molecule has 1 aliphatic carbocycles. The summed E-state index contributed by atoms with van der Waals surface area (Å²) >= 11 is 0. The van der Waals surface area contributed by atoms with Gasteiger partial charge in [-0.15, -0.1) is 5.10 Å². The van der Waals surface area contributed by atoms with Crippen LogP contribution in [-0.4, -0.2) is 43.8 Å². The third kappa shape index (κ3) is 4.72. The Hall–Kier alpha value is -2.98. The predicted octanol–water partition coefficient (Wildman–Crippen LogP) is 3.89. The van der Waals surface area contributed by atoms with Gasteiger partial charge in [0.05, 0.1) is 17.8 Å². The molecule has 2 N–H and O–H groups in total. The topological polar surface area (TPSA) is 82.1 Å². The monoisotopic (exact) mass is 458 g/mol. The van der Waals surface area contributed by atoms with E-state index in [4.69, 9.17) is 10.5 Å². The highest BCUT2D eigenvalue weighted by molar-refractivity contribution is 5.45. The van der Waals surface area contributed by atoms with Crippen LogP contribution in [0.5, 0.6) is 5.75 Å². The molecule has 0 radical (unpaired) electrons. The maximum atomic E-state index is 13.4. The molecular weight excluding hydrogens is 433 g/mol. The van der Waals surface area contributed by atoms with E-state index in [2.05, 4.69) is 32.6 Å². The Kier molecular flexibility index (Phi) is 5.79. The van der Waals surface area contributed by atoms with Crippen molar-refractivity contribution in [3.8, 4) is 11.4 Å². The zero-order valence-electron chi connectivity index (χ0n) is 17.9. The number of nitrogens with two attached hydrogens (primary N) is 1. The van der Waals surface area contributed by atoms with Crippen LogP contribution in [0.1, 0.15) is 48.7 Å². The molecule has 2 aliphatic rings. The van der Waals surface area contributed by atoms with Crippen molar-refractivity contribution in [1.29, 1.82) is 0 Å². The summed E-state index contributed by atoms with van der Waals surface area (Å²) in [4.78, 5) is 2.28. The lowest BCUT2D eigenvalue weighted by Crippen LogP contribution is -2.45. The van der Waals surface area contributed by atoms with Crippen molar-refractivity contribution < 1.29 is 17.9 Å². The first-order chi connectivity index (χ1) is 15.9. The molecule has 2 atom stereocenters. The van der Waals surface area contributed by atoms with E-state index in [-0.39, 0.29) is 23.9 Å². The molecule has 2 heterocycles. The van der Waals surface area contributed by atoms with Gasteiger partial charge in [0.1, 0.15) is 5.75 Å². The molecule has 3 aromatic rings. The van der Waals surface area contributed by atoms with E-state index in [9.17, 15) is 13.2 Å². The smallest absolute Gasteiger partial charge is 0.453 e. The van der Waals surface area contributed by atoms with Crippen LogP contribution in [0, 0.1) is 0 Å². The number of benzene rings is 2. The van der Waals surface area contributed by atoms with E-state index in [0.717, 1.165) is 48.0 Å². The van der Waals surface area contributed by atoms with Gasteiger partial charge in [-0.1, -0.05) is 30.3 Å². The number of likely N-dealkylation sites (tertiary alicyclic amines) is 1. The number of hydrogen-bond acceptors (Lipinski definition) is 6. The molecule has 1 saturated carbocycles. The lowest BCUT2D eigenvalue weighted by atomic mass is 9.90. The number of tetrazole rings is 1. The Balaban J connectivity index is 1.50. The molecule has 0 bridgehead atoms. The van der Waals surface area contributed by atoms with E-state index in [1.807, 2.05) is 18.2 Å². The second-order valence-corrected chi connectivity index (χ2v) is 8.65. The third-order valence-electron chi connectivity index (χ3n) is 6.13. The molecular formula is C23H25F3N6O. The molecule has 1 aliphatic heterocycles. The van der Waals surface area contributed by atoms with Gasteiger partial charge in [0, 0.05) is 18.2 Å². The molecule has 10 heteroatoms. The molecule has 0 spiro atoms. The zero-order chi connectivity index (χ0) is 23.0. The van der Waals surface area contributed by atoms with Crippen LogP contribution in [0.4, 0.5) is 13.2 Å². The van der Waals surface area contributed by atoms with Gasteiger partial charge in [-0.3, -0.25) is 4.90 Å². The van der Waals surface area contributed by atoms with Crippen LogP contribution in [0.2, 0.25) is 0 Å². The molecule has 1 aromatic heterocycles. The summed E-state index contributed by atoms with van der Waals surface area (Å²) in [6.45, 7) is 1.33. The number of hydrogen-bond donors (Lipinski definition) is 1. The summed E-state index contributed by atoms with van der Waals surface area (Å²) in [5.74, 6) is -0.486. The number of piperidine rings is 1. The van der Waals surface area contributed by atoms with Gasteiger partial charge in [-0.05, 0) is 66.4 Å². The molecule has 2 aromatic carbocycles. The predicted molar refractivity (Wildman–Crippen MR) is 115 cm³/mol. The van der Waals surface area contributed by atoms with E-state index < -0.39 is 12.0 Å². The highest BCUT2D eigenvalue weighted by Crippen LogP contribution is 2.36. The van der Waals surface area contributed by atoms with E-state index in [1.54, 1.807) is 18.2 Å². The summed E-state index contributed by atoms with van der Waals surface area (Å²) < 4.78 is 46.9. The van der Waals surface area contributed by atoms with Crippen molar-refractivity contribution in [1.82, 2.24) is 25.1 Å². The Morgan fingerprint density at radius 2 is 1.85 bits per heavy atom. The minimum Gasteiger partial charge on any atom is -0.490 e. The molecule has 2 unspecified atom stereocenters. The van der Waals surface area contributed by atoms with Gasteiger partial charge in [-0.2, -0.15) is 17.9 Å². The first kappa shape index (κ1) is 21.8. The van der Waals surface area contributed by atoms with Crippen LogP contribution in [0.15, 0.2) is 48.5 Å². The quantitative estimate of drug-likeness (QED) is 0.604. The van der Waals surface area contributed by atoms with E-state index in [0.29, 0.717) is 12.3 Å². The van der Waals surface area contributed by atoms with Crippen molar-refractivity contribution in [2.24, 2.45) is 5.73 Å². The Morgan fingerprint density at radius 3 is 2.58 bits per heavy atom. The second kappa shape index (κ2) is 8.75. The Labute approximate surface area is 189 Å². The fourth-order valence-corrected chi connectivity index (χ4v) is 4.44. The average Bonchev–Trinajstić information content (AvgIpc) is 3.45. The first-order valence-corrected chi connectivity index (χ1v) is 11.1. The molecule has 33 heavy (non-hydrogen) atoms. The van der Waals surface area contributed by atoms with Crippen molar-refractivity contribution in [2.45, 2.75) is 56.6 Å². The summed E-state index contributed by atoms with van der Waals surface area (Å²) in [5.41, 5.74) is 8.69. The summed E-state index contributed by atoms with van der Waals surface area (Å²) in [5, 5.41) is 9.99. The molecule has 2 fully saturated rings. The molecule has 7 nitrogen and oxygen atoms in total. The number of nitrogens with zero attached hydrogens (tertiary/aromatic N) is 5. The number of alkyl halides is 3. The highest BCUT2D eigenvalue weighted by Gasteiger charge is 2.39. The minimum atomic E-state index is -4.66. The maximum Gasteiger partial charge on any atom is 0.453 e. The number of rotatable bonds is 6. The number of aromatic nitrogens is 4. The van der Waals surface area contributed by atoms with Crippen LogP contribution < -0.4 is 10.5 Å². The standard InChI is InChI=1S/C23H25F3N6O/c24-23(25,26)22-28-29-30-32(22)17-8-11-20(33-18-9-10-18)16(13-17)14-31-12-4-7-19(27)21(31)15-5-2-1-3-6-15/h1-3,5-6,8,11,13,18-19,21H,4,7,9-10,12,14,27H2. The second-order valence-electron chi connectivity index (χ2n) is 8.65. The lowest BCUT2D eigenvalue weighted by Gasteiger charge is -2.40. The molecule has 0 amide bonds. The van der Waals surface area contributed by atoms with Crippen molar-refractivity contribution >= 4 is 0 Å². The maximum absolute atomic E-state index is 13.4. The first-order valence-electron chi connectivity index (χ1n) is 11.1. The summed E-state index contributed by atoms with van der Waals surface area (Å²) in [6.07, 6.45) is -0.677. The van der Waals surface area contributed by atoms with Gasteiger partial charge >= 0.3 is 6.18 Å². The normalized spacial score (nSPS) is 21.8. The van der Waals surface area contributed by atoms with E-state index >= 15 is 0 Å². The van der Waals surface area contributed by atoms with Crippen LogP contribution >= 0.6 is 0 Å². The van der Waals surface area contributed by atoms with Gasteiger partial charge in [0.2, 0.25) is 0 Å². The van der Waals surface area contributed by atoms with Gasteiger partial charge in [0.25, 0.3) is 5.82 Å². The van der Waals surface area contributed by atoms with Crippen LogP contribution in [0.25, 0.3) is 5.69 Å². The number of ether oxygens (including phenoxy) is 1. The average molecular weight is 458 g/mol. The third-order valence-corrected chi connectivity index (χ3v) is 6.13. The minimum absolute atomic E-state index is 0.0103. The highest BCUT2D eigenvalue weighted by atomic mass is 19.4. The summed E-state index contributed by atoms with van der Waals surface area (Å²) in [7, 11) is 0. The van der Waals surface area contributed by atoms with Crippen molar-refractivity contribution in [3.05, 3.63) is 65.5 Å². The van der Waals surface area contributed by atoms with E-state index in [1.165, 1.54) is 0 Å². The van der Waals surface area contributed by atoms with Gasteiger partial charge < -0.3 is 10.5 Å². The summed E-state index contributed by atoms with van der Waals surface area (Å²) in [6, 6.07) is 15.0. The fourth-order valence-electron chi connectivity index (χ4n) is 4.44. The van der Waals surface area contributed by atoms with Gasteiger partial charge in [-0.25, -0.2) is 0 Å². The SMILES string of the molecule is NC1CCCN(Cc2cc(-n3nnnc3C(F)(F)F)ccc2OC2CC2)C1c1ccccc1. The molecule has 174 valence electrons. The zero-order valence-corrected chi connectivity index (χ0v) is 17.9. The molecule has 5 rings (SSSR count). The van der Waals surface area contributed by atoms with Crippen molar-refractivity contribution in [3.63, 3.8) is 0 Å². The van der Waals surface area contributed by atoms with Crippen LogP contribution in [0.3, 0.4) is 0 Å². The Bertz CT molecular complexity index is 1100. The number of halogens is 3. The van der Waals surface area contributed by atoms with Gasteiger partial charge in [0.15, 0.2) is 0 Å². The lowest BCUT2D eigenvalue weighted by molar-refractivity contribution is -0.146. The van der Waals surface area contributed by atoms with Crippen molar-refractivity contribution in [2.75, 3.05) is 6.54 Å². The van der Waals surface area contributed by atoms with Crippen LogP contribution in [-0.2, 0) is 12.7 Å². The molecule has 1 saturated heterocycles.